The number of hydrogen-bond acceptors (Lipinski definition) is 5. The molecule has 0 unspecified atom stereocenters. The first-order chi connectivity index (χ1) is 7.43. The van der Waals surface area contributed by atoms with Gasteiger partial charge in [0, 0.05) is 0 Å². The molecule has 0 heterocycles. The molecule has 0 saturated carbocycles. The molecular weight excluding hydrogens is 231 g/mol. The first kappa shape index (κ1) is 15.4. The summed E-state index contributed by atoms with van der Waals surface area (Å²) < 4.78 is 26.6. The molecule has 6 heteroatoms. The van der Waals surface area contributed by atoms with Crippen molar-refractivity contribution in [2.75, 3.05) is 26.0 Å². The molecule has 0 aromatic rings. The molecular formula is C10H19O5P. The molecule has 0 bridgehead atoms. The van der Waals surface area contributed by atoms with Gasteiger partial charge in [-0.3, -0.25) is 9.36 Å². The largest absolute Gasteiger partial charge is 0.461 e. The van der Waals surface area contributed by atoms with E-state index in [-0.39, 0.29) is 26.0 Å². The Kier molecular flexibility index (Phi) is 7.30. The van der Waals surface area contributed by atoms with Crippen LogP contribution in [0.2, 0.25) is 0 Å². The topological polar surface area (TPSA) is 61.8 Å². The van der Waals surface area contributed by atoms with E-state index in [1.54, 1.807) is 20.8 Å². The Balaban J connectivity index is 4.23. The van der Waals surface area contributed by atoms with Crippen LogP contribution >= 0.6 is 7.60 Å². The first-order valence-electron chi connectivity index (χ1n) is 5.11. The smallest absolute Gasteiger partial charge is 0.341 e. The Labute approximate surface area is 96.3 Å². The van der Waals surface area contributed by atoms with Gasteiger partial charge in [0.05, 0.1) is 13.2 Å². The van der Waals surface area contributed by atoms with E-state index in [4.69, 9.17) is 13.8 Å². The highest BCUT2D eigenvalue weighted by Crippen LogP contribution is 2.47. The number of rotatable bonds is 8. The van der Waals surface area contributed by atoms with Crippen LogP contribution in [0.15, 0.2) is 12.2 Å². The first-order valence-corrected chi connectivity index (χ1v) is 6.84. The molecule has 0 atom stereocenters. The second kappa shape index (κ2) is 7.60. The maximum Gasteiger partial charge on any atom is 0.341 e. The van der Waals surface area contributed by atoms with Crippen molar-refractivity contribution in [1.82, 2.24) is 0 Å². The molecule has 5 nitrogen and oxygen atoms in total. The normalized spacial score (nSPS) is 11.2. The van der Waals surface area contributed by atoms with Crippen LogP contribution in [0.5, 0.6) is 0 Å². The number of esters is 1. The van der Waals surface area contributed by atoms with Gasteiger partial charge in [0.25, 0.3) is 0 Å². The van der Waals surface area contributed by atoms with E-state index in [0.29, 0.717) is 0 Å². The van der Waals surface area contributed by atoms with Gasteiger partial charge in [-0.2, -0.15) is 0 Å². The van der Waals surface area contributed by atoms with Crippen molar-refractivity contribution in [3.8, 4) is 0 Å². The molecule has 0 spiro atoms. The van der Waals surface area contributed by atoms with Gasteiger partial charge >= 0.3 is 13.6 Å². The third-order valence-corrected chi connectivity index (χ3v) is 3.40. The number of hydrogen-bond donors (Lipinski definition) is 0. The summed E-state index contributed by atoms with van der Waals surface area (Å²) >= 11 is 0. The molecule has 0 aliphatic rings. The van der Waals surface area contributed by atoms with Gasteiger partial charge in [-0.1, -0.05) is 6.58 Å². The van der Waals surface area contributed by atoms with Gasteiger partial charge in [-0.25, -0.2) is 0 Å². The summed E-state index contributed by atoms with van der Waals surface area (Å²) in [5, 5.41) is 0. The lowest BCUT2D eigenvalue weighted by Gasteiger charge is -2.15. The SMILES string of the molecule is C=C(C)COC(=O)CP(=O)(OCC)OCC. The zero-order chi connectivity index (χ0) is 12.6. The van der Waals surface area contributed by atoms with Crippen molar-refractivity contribution in [1.29, 1.82) is 0 Å². The molecule has 0 saturated heterocycles. The van der Waals surface area contributed by atoms with Crippen LogP contribution in [0.4, 0.5) is 0 Å². The molecule has 0 amide bonds. The van der Waals surface area contributed by atoms with Crippen molar-refractivity contribution in [3.05, 3.63) is 12.2 Å². The molecule has 0 N–H and O–H groups in total. The fourth-order valence-electron chi connectivity index (χ4n) is 0.929. The highest BCUT2D eigenvalue weighted by molar-refractivity contribution is 7.54. The van der Waals surface area contributed by atoms with E-state index in [1.165, 1.54) is 0 Å². The van der Waals surface area contributed by atoms with Gasteiger partial charge in [-0.15, -0.1) is 0 Å². The lowest BCUT2D eigenvalue weighted by atomic mass is 10.4. The third-order valence-electron chi connectivity index (χ3n) is 1.45. The van der Waals surface area contributed by atoms with E-state index in [1.807, 2.05) is 0 Å². The summed E-state index contributed by atoms with van der Waals surface area (Å²) in [5.74, 6) is -0.603. The number of carbonyl (C=O) groups is 1. The van der Waals surface area contributed by atoms with E-state index in [9.17, 15) is 9.36 Å². The van der Waals surface area contributed by atoms with E-state index in [0.717, 1.165) is 5.57 Å². The fourth-order valence-corrected chi connectivity index (χ4v) is 2.38. The second-order valence-corrected chi connectivity index (χ2v) is 5.28. The monoisotopic (exact) mass is 250 g/mol. The predicted octanol–water partition coefficient (Wildman–Crippen LogP) is 2.37. The molecule has 0 aromatic carbocycles. The van der Waals surface area contributed by atoms with Gasteiger partial charge in [0.15, 0.2) is 0 Å². The molecule has 94 valence electrons. The lowest BCUT2D eigenvalue weighted by molar-refractivity contribution is -0.139. The van der Waals surface area contributed by atoms with E-state index < -0.39 is 13.6 Å². The third kappa shape index (κ3) is 6.77. The molecule has 0 radical (unpaired) electrons. The minimum Gasteiger partial charge on any atom is -0.461 e. The quantitative estimate of drug-likeness (QED) is 0.376. The fraction of sp³-hybridized carbons (Fsp3) is 0.700. The van der Waals surface area contributed by atoms with Gasteiger partial charge < -0.3 is 13.8 Å². The Morgan fingerprint density at radius 3 is 2.12 bits per heavy atom. The van der Waals surface area contributed by atoms with Crippen LogP contribution in [0.25, 0.3) is 0 Å². The summed E-state index contributed by atoms with van der Waals surface area (Å²) in [7, 11) is -3.34. The van der Waals surface area contributed by atoms with Crippen molar-refractivity contribution < 1.29 is 23.1 Å². The summed E-state index contributed by atoms with van der Waals surface area (Å²) in [6.07, 6.45) is -0.359. The minimum atomic E-state index is -3.34. The van der Waals surface area contributed by atoms with Crippen molar-refractivity contribution in [2.24, 2.45) is 0 Å². The average molecular weight is 250 g/mol. The van der Waals surface area contributed by atoms with Gasteiger partial charge in [-0.05, 0) is 26.3 Å². The molecule has 0 aliphatic carbocycles. The maximum absolute atomic E-state index is 11.9. The van der Waals surface area contributed by atoms with Crippen molar-refractivity contribution in [3.63, 3.8) is 0 Å². The van der Waals surface area contributed by atoms with Crippen LogP contribution in [0.1, 0.15) is 20.8 Å². The molecule has 0 aromatic heterocycles. The average Bonchev–Trinajstić information content (AvgIpc) is 2.15. The van der Waals surface area contributed by atoms with Crippen LogP contribution in [0, 0.1) is 0 Å². The van der Waals surface area contributed by atoms with Crippen LogP contribution < -0.4 is 0 Å². The van der Waals surface area contributed by atoms with Crippen LogP contribution in [-0.2, 0) is 23.1 Å². The Morgan fingerprint density at radius 1 is 1.25 bits per heavy atom. The van der Waals surface area contributed by atoms with E-state index in [2.05, 4.69) is 6.58 Å². The van der Waals surface area contributed by atoms with Crippen LogP contribution in [-0.4, -0.2) is 32.0 Å². The zero-order valence-corrected chi connectivity index (χ0v) is 10.9. The predicted molar refractivity (Wildman–Crippen MR) is 61.5 cm³/mol. The Morgan fingerprint density at radius 2 is 1.75 bits per heavy atom. The van der Waals surface area contributed by atoms with E-state index >= 15 is 0 Å². The highest BCUT2D eigenvalue weighted by atomic mass is 31.2. The van der Waals surface area contributed by atoms with Crippen LogP contribution in [0.3, 0.4) is 0 Å². The number of ether oxygens (including phenoxy) is 1. The Bertz CT molecular complexity index is 277. The summed E-state index contributed by atoms with van der Waals surface area (Å²) in [4.78, 5) is 11.3. The standard InChI is InChI=1S/C10H19O5P/c1-5-14-16(12,15-6-2)8-10(11)13-7-9(3)4/h3,5-8H2,1-2,4H3. The van der Waals surface area contributed by atoms with Gasteiger partial charge in [0.2, 0.25) is 0 Å². The number of carbonyl (C=O) groups excluding carboxylic acids is 1. The zero-order valence-electron chi connectivity index (χ0n) is 10.0. The van der Waals surface area contributed by atoms with Gasteiger partial charge in [0.1, 0.15) is 12.8 Å². The summed E-state index contributed by atoms with van der Waals surface area (Å²) in [6, 6.07) is 0. The van der Waals surface area contributed by atoms with Crippen molar-refractivity contribution >= 4 is 13.6 Å². The molecule has 0 rings (SSSR count). The second-order valence-electron chi connectivity index (χ2n) is 3.22. The minimum absolute atomic E-state index is 0.122. The molecule has 16 heavy (non-hydrogen) atoms. The maximum atomic E-state index is 11.9. The summed E-state index contributed by atoms with van der Waals surface area (Å²) in [5.41, 5.74) is 0.719. The van der Waals surface area contributed by atoms with Crippen molar-refractivity contribution in [2.45, 2.75) is 20.8 Å². The molecule has 0 aliphatic heterocycles. The highest BCUT2D eigenvalue weighted by Gasteiger charge is 2.28. The Hall–Kier alpha value is -0.640. The lowest BCUT2D eigenvalue weighted by Crippen LogP contribution is -2.14. The molecule has 0 fully saturated rings. The summed E-state index contributed by atoms with van der Waals surface area (Å²) in [6.45, 7) is 9.27.